The molecule has 0 aliphatic heterocycles. The summed E-state index contributed by atoms with van der Waals surface area (Å²) in [4.78, 5) is 16.3. The number of aromatic nitrogens is 4. The molecule has 6 nitrogen and oxygen atoms in total. The number of thiazole rings is 1. The van der Waals surface area contributed by atoms with Gasteiger partial charge in [0.15, 0.2) is 16.1 Å². The van der Waals surface area contributed by atoms with Gasteiger partial charge in [0.2, 0.25) is 5.91 Å². The average Bonchev–Trinajstić information content (AvgIpc) is 3.37. The topological polar surface area (TPSA) is 72.7 Å². The zero-order chi connectivity index (χ0) is 19.3. The molecule has 0 radical (unpaired) electrons. The standard InChI is InChI=1S/C20H17N5OS2/c1-14-7-9-16(10-8-14)25-18(15-5-3-2-4-6-15)23-24-20(25)28-13-17(26)22-19-21-11-12-27-19/h2-12H,13H2,1H3,(H,21,22,26). The molecule has 8 heteroatoms. The first-order chi connectivity index (χ1) is 13.7. The molecular formula is C20H17N5OS2. The number of amides is 1. The lowest BCUT2D eigenvalue weighted by molar-refractivity contribution is -0.113. The van der Waals surface area contributed by atoms with Crippen molar-refractivity contribution in [3.05, 3.63) is 71.7 Å². The third-order valence-electron chi connectivity index (χ3n) is 3.97. The van der Waals surface area contributed by atoms with Crippen LogP contribution in [-0.4, -0.2) is 31.4 Å². The van der Waals surface area contributed by atoms with Crippen molar-refractivity contribution in [2.75, 3.05) is 11.1 Å². The Balaban J connectivity index is 1.62. The Hall–Kier alpha value is -2.97. The van der Waals surface area contributed by atoms with E-state index in [9.17, 15) is 4.79 Å². The lowest BCUT2D eigenvalue weighted by Crippen LogP contribution is -2.14. The summed E-state index contributed by atoms with van der Waals surface area (Å²) < 4.78 is 1.98. The first-order valence-electron chi connectivity index (χ1n) is 8.61. The molecule has 0 fully saturated rings. The number of hydrogen-bond donors (Lipinski definition) is 1. The minimum absolute atomic E-state index is 0.125. The third-order valence-corrected chi connectivity index (χ3v) is 5.59. The van der Waals surface area contributed by atoms with E-state index in [0.29, 0.717) is 10.3 Å². The second-order valence-corrected chi connectivity index (χ2v) is 7.85. The minimum atomic E-state index is -0.125. The summed E-state index contributed by atoms with van der Waals surface area (Å²) in [5.74, 6) is 0.838. The van der Waals surface area contributed by atoms with Crippen molar-refractivity contribution in [1.29, 1.82) is 0 Å². The molecule has 0 aliphatic carbocycles. The van der Waals surface area contributed by atoms with Crippen LogP contribution in [0.2, 0.25) is 0 Å². The zero-order valence-corrected chi connectivity index (χ0v) is 16.7. The zero-order valence-electron chi connectivity index (χ0n) is 15.1. The van der Waals surface area contributed by atoms with Crippen molar-refractivity contribution in [3.8, 4) is 17.1 Å². The van der Waals surface area contributed by atoms with Crippen molar-refractivity contribution < 1.29 is 4.79 Å². The van der Waals surface area contributed by atoms with Crippen LogP contribution in [0.1, 0.15) is 5.56 Å². The van der Waals surface area contributed by atoms with Crippen molar-refractivity contribution >= 4 is 34.1 Å². The Kier molecular flexibility index (Phi) is 5.50. The van der Waals surface area contributed by atoms with E-state index in [0.717, 1.165) is 17.1 Å². The molecule has 1 N–H and O–H groups in total. The Morgan fingerprint density at radius 2 is 1.89 bits per heavy atom. The van der Waals surface area contributed by atoms with Gasteiger partial charge in [-0.3, -0.25) is 9.36 Å². The number of thioether (sulfide) groups is 1. The van der Waals surface area contributed by atoms with E-state index in [4.69, 9.17) is 0 Å². The highest BCUT2D eigenvalue weighted by molar-refractivity contribution is 7.99. The molecule has 4 rings (SSSR count). The number of hydrogen-bond acceptors (Lipinski definition) is 6. The van der Waals surface area contributed by atoms with Crippen LogP contribution < -0.4 is 5.32 Å². The number of aryl methyl sites for hydroxylation is 1. The van der Waals surface area contributed by atoms with Crippen LogP contribution in [0.25, 0.3) is 17.1 Å². The van der Waals surface area contributed by atoms with Crippen molar-refractivity contribution in [2.45, 2.75) is 12.1 Å². The van der Waals surface area contributed by atoms with E-state index >= 15 is 0 Å². The molecule has 1 amide bonds. The summed E-state index contributed by atoms with van der Waals surface area (Å²) in [7, 11) is 0. The molecule has 2 aromatic carbocycles. The van der Waals surface area contributed by atoms with Gasteiger partial charge in [0.25, 0.3) is 0 Å². The average molecular weight is 408 g/mol. The molecular weight excluding hydrogens is 390 g/mol. The number of carbonyl (C=O) groups excluding carboxylic acids is 1. The van der Waals surface area contributed by atoms with E-state index in [2.05, 4.69) is 20.5 Å². The van der Waals surface area contributed by atoms with Gasteiger partial charge < -0.3 is 5.32 Å². The fourth-order valence-corrected chi connectivity index (χ4v) is 3.93. The van der Waals surface area contributed by atoms with Gasteiger partial charge in [-0.2, -0.15) is 0 Å². The van der Waals surface area contributed by atoms with Gasteiger partial charge in [0, 0.05) is 22.8 Å². The summed E-state index contributed by atoms with van der Waals surface area (Å²) in [6.45, 7) is 2.05. The highest BCUT2D eigenvalue weighted by Crippen LogP contribution is 2.28. The van der Waals surface area contributed by atoms with Crippen molar-refractivity contribution in [3.63, 3.8) is 0 Å². The van der Waals surface area contributed by atoms with E-state index < -0.39 is 0 Å². The predicted octanol–water partition coefficient (Wildman–Crippen LogP) is 4.43. The smallest absolute Gasteiger partial charge is 0.236 e. The summed E-state index contributed by atoms with van der Waals surface area (Å²) >= 11 is 2.74. The largest absolute Gasteiger partial charge is 0.301 e. The van der Waals surface area contributed by atoms with E-state index in [1.165, 1.54) is 28.7 Å². The second-order valence-electron chi connectivity index (χ2n) is 6.02. The van der Waals surface area contributed by atoms with Gasteiger partial charge in [-0.15, -0.1) is 21.5 Å². The predicted molar refractivity (Wildman–Crippen MR) is 113 cm³/mol. The van der Waals surface area contributed by atoms with Crippen LogP contribution in [0.15, 0.2) is 71.3 Å². The fourth-order valence-electron chi connectivity index (χ4n) is 2.63. The lowest BCUT2D eigenvalue weighted by atomic mass is 10.2. The quantitative estimate of drug-likeness (QED) is 0.479. The van der Waals surface area contributed by atoms with Gasteiger partial charge in [0.1, 0.15) is 0 Å². The molecule has 0 unspecified atom stereocenters. The van der Waals surface area contributed by atoms with Gasteiger partial charge in [-0.1, -0.05) is 59.8 Å². The van der Waals surface area contributed by atoms with Gasteiger partial charge in [-0.25, -0.2) is 4.98 Å². The maximum atomic E-state index is 12.2. The summed E-state index contributed by atoms with van der Waals surface area (Å²) in [6.07, 6.45) is 1.66. The molecule has 0 bridgehead atoms. The Morgan fingerprint density at radius 1 is 1.11 bits per heavy atom. The van der Waals surface area contributed by atoms with Gasteiger partial charge in [-0.05, 0) is 19.1 Å². The Bertz CT molecular complexity index is 1060. The van der Waals surface area contributed by atoms with Gasteiger partial charge in [0.05, 0.1) is 5.75 Å². The maximum Gasteiger partial charge on any atom is 0.236 e. The molecule has 0 aliphatic rings. The van der Waals surface area contributed by atoms with Crippen LogP contribution in [0.3, 0.4) is 0 Å². The van der Waals surface area contributed by atoms with Crippen LogP contribution in [0.4, 0.5) is 5.13 Å². The van der Waals surface area contributed by atoms with Crippen molar-refractivity contribution in [2.24, 2.45) is 0 Å². The molecule has 2 heterocycles. The van der Waals surface area contributed by atoms with E-state index in [1.54, 1.807) is 6.20 Å². The molecule has 0 spiro atoms. The number of carbonyl (C=O) groups is 1. The Labute approximate surface area is 170 Å². The molecule has 140 valence electrons. The van der Waals surface area contributed by atoms with Gasteiger partial charge >= 0.3 is 0 Å². The number of nitrogens with one attached hydrogen (secondary N) is 1. The second kappa shape index (κ2) is 8.37. The Morgan fingerprint density at radius 3 is 2.61 bits per heavy atom. The summed E-state index contributed by atoms with van der Waals surface area (Å²) in [5.41, 5.74) is 3.10. The van der Waals surface area contributed by atoms with Crippen molar-refractivity contribution in [1.82, 2.24) is 19.7 Å². The number of nitrogens with zero attached hydrogens (tertiary/aromatic N) is 4. The minimum Gasteiger partial charge on any atom is -0.301 e. The first-order valence-corrected chi connectivity index (χ1v) is 10.5. The maximum absolute atomic E-state index is 12.2. The monoisotopic (exact) mass is 407 g/mol. The molecule has 28 heavy (non-hydrogen) atoms. The number of rotatable bonds is 6. The molecule has 0 atom stereocenters. The van der Waals surface area contributed by atoms with Crippen LogP contribution in [0, 0.1) is 6.92 Å². The summed E-state index contributed by atoms with van der Waals surface area (Å²) in [5, 5.41) is 14.6. The highest BCUT2D eigenvalue weighted by atomic mass is 32.2. The van der Waals surface area contributed by atoms with E-state index in [-0.39, 0.29) is 11.7 Å². The highest BCUT2D eigenvalue weighted by Gasteiger charge is 2.17. The first kappa shape index (κ1) is 18.4. The molecule has 0 saturated carbocycles. The van der Waals surface area contributed by atoms with E-state index in [1.807, 2.05) is 71.5 Å². The molecule has 4 aromatic rings. The number of anilines is 1. The van der Waals surface area contributed by atoms with Crippen LogP contribution >= 0.6 is 23.1 Å². The lowest BCUT2D eigenvalue weighted by Gasteiger charge is -2.10. The normalized spacial score (nSPS) is 10.8. The SMILES string of the molecule is Cc1ccc(-n2c(SCC(=O)Nc3nccs3)nnc2-c2ccccc2)cc1. The molecule has 0 saturated heterocycles. The number of benzene rings is 2. The van der Waals surface area contributed by atoms with Crippen LogP contribution in [-0.2, 0) is 4.79 Å². The molecule has 2 aromatic heterocycles. The third kappa shape index (κ3) is 4.13. The fraction of sp³-hybridized carbons (Fsp3) is 0.100. The summed E-state index contributed by atoms with van der Waals surface area (Å²) in [6, 6.07) is 18.1. The van der Waals surface area contributed by atoms with Crippen LogP contribution in [0.5, 0.6) is 0 Å².